The van der Waals surface area contributed by atoms with E-state index in [1.807, 2.05) is 24.3 Å². The Hall–Kier alpha value is -0.730. The van der Waals surface area contributed by atoms with E-state index in [4.69, 9.17) is 17.3 Å². The van der Waals surface area contributed by atoms with Gasteiger partial charge in [-0.25, -0.2) is 0 Å². The topological polar surface area (TPSA) is 26.0 Å². The minimum absolute atomic E-state index is 0.670. The van der Waals surface area contributed by atoms with Crippen LogP contribution in [0.2, 0.25) is 5.02 Å². The van der Waals surface area contributed by atoms with Crippen LogP contribution in [0.25, 0.3) is 10.8 Å². The van der Waals surface area contributed by atoms with E-state index in [0.717, 1.165) is 15.2 Å². The van der Waals surface area contributed by atoms with Gasteiger partial charge in [-0.2, -0.15) is 0 Å². The first-order valence-electron chi connectivity index (χ1n) is 3.82. The van der Waals surface area contributed by atoms with Gasteiger partial charge in [0.2, 0.25) is 0 Å². The molecule has 0 spiro atoms. The van der Waals surface area contributed by atoms with Crippen LogP contribution >= 0.6 is 27.5 Å². The highest BCUT2D eigenvalue weighted by atomic mass is 79.9. The van der Waals surface area contributed by atoms with Crippen LogP contribution in [-0.2, 0) is 0 Å². The summed E-state index contributed by atoms with van der Waals surface area (Å²) >= 11 is 9.46. The lowest BCUT2D eigenvalue weighted by Crippen LogP contribution is -1.87. The quantitative estimate of drug-likeness (QED) is 0.712. The molecule has 2 N–H and O–H groups in total. The highest BCUT2D eigenvalue weighted by Gasteiger charge is 2.05. The molecule has 66 valence electrons. The highest BCUT2D eigenvalue weighted by molar-refractivity contribution is 9.10. The predicted molar refractivity (Wildman–Crippen MR) is 61.1 cm³/mol. The second-order valence-electron chi connectivity index (χ2n) is 2.81. The van der Waals surface area contributed by atoms with Gasteiger partial charge in [-0.15, -0.1) is 0 Å². The van der Waals surface area contributed by atoms with Crippen molar-refractivity contribution in [3.63, 3.8) is 0 Å². The average Bonchev–Trinajstić information content (AvgIpc) is 2.15. The molecule has 2 aromatic carbocycles. The molecule has 0 bridgehead atoms. The van der Waals surface area contributed by atoms with Crippen LogP contribution in [0.5, 0.6) is 0 Å². The van der Waals surface area contributed by atoms with Crippen LogP contribution in [-0.4, -0.2) is 0 Å². The summed E-state index contributed by atoms with van der Waals surface area (Å²) in [7, 11) is 0. The number of anilines is 1. The zero-order valence-corrected chi connectivity index (χ0v) is 9.06. The van der Waals surface area contributed by atoms with Crippen molar-refractivity contribution in [2.45, 2.75) is 0 Å². The third-order valence-electron chi connectivity index (χ3n) is 1.96. The molecule has 2 aromatic rings. The first-order valence-corrected chi connectivity index (χ1v) is 4.99. The number of rotatable bonds is 0. The Labute approximate surface area is 89.6 Å². The van der Waals surface area contributed by atoms with E-state index in [1.54, 1.807) is 6.07 Å². The van der Waals surface area contributed by atoms with Crippen molar-refractivity contribution in [3.05, 3.63) is 39.8 Å². The lowest BCUT2D eigenvalue weighted by molar-refractivity contribution is 1.68. The Kier molecular flexibility index (Phi) is 2.18. The van der Waals surface area contributed by atoms with Gasteiger partial charge in [-0.3, -0.25) is 0 Å². The molecule has 0 amide bonds. The fourth-order valence-electron chi connectivity index (χ4n) is 1.32. The number of nitrogen functional groups attached to an aromatic ring is 1. The van der Waals surface area contributed by atoms with Gasteiger partial charge in [0.1, 0.15) is 0 Å². The van der Waals surface area contributed by atoms with E-state index in [9.17, 15) is 0 Å². The van der Waals surface area contributed by atoms with Gasteiger partial charge in [-0.05, 0) is 27.4 Å². The fraction of sp³-hybridized carbons (Fsp3) is 0. The number of halogens is 2. The first-order chi connectivity index (χ1) is 6.20. The Morgan fingerprint density at radius 3 is 2.46 bits per heavy atom. The molecule has 0 aliphatic heterocycles. The van der Waals surface area contributed by atoms with Crippen molar-refractivity contribution in [2.24, 2.45) is 0 Å². The predicted octanol–water partition coefficient (Wildman–Crippen LogP) is 3.84. The largest absolute Gasteiger partial charge is 0.398 e. The van der Waals surface area contributed by atoms with E-state index in [1.165, 1.54) is 0 Å². The molecule has 0 radical (unpaired) electrons. The van der Waals surface area contributed by atoms with Gasteiger partial charge < -0.3 is 5.73 Å². The van der Waals surface area contributed by atoms with Crippen LogP contribution in [0.1, 0.15) is 0 Å². The molecule has 2 rings (SSSR count). The van der Waals surface area contributed by atoms with Crippen molar-refractivity contribution in [1.82, 2.24) is 0 Å². The van der Waals surface area contributed by atoms with Gasteiger partial charge in [0.05, 0.1) is 5.02 Å². The molecular formula is C10H7BrClN. The summed E-state index contributed by atoms with van der Waals surface area (Å²) in [4.78, 5) is 0. The van der Waals surface area contributed by atoms with Crippen molar-refractivity contribution >= 4 is 44.0 Å². The molecule has 0 aliphatic rings. The highest BCUT2D eigenvalue weighted by Crippen LogP contribution is 2.34. The molecule has 3 heteroatoms. The van der Waals surface area contributed by atoms with Crippen molar-refractivity contribution in [3.8, 4) is 0 Å². The Bertz CT molecular complexity index is 468. The van der Waals surface area contributed by atoms with E-state index in [0.29, 0.717) is 10.7 Å². The maximum Gasteiger partial charge on any atom is 0.0505 e. The normalized spacial score (nSPS) is 10.6. The third kappa shape index (κ3) is 1.40. The SMILES string of the molecule is Nc1cc(Cl)c2ccccc2c1Br. The summed E-state index contributed by atoms with van der Waals surface area (Å²) in [6.07, 6.45) is 0. The smallest absolute Gasteiger partial charge is 0.0505 e. The maximum atomic E-state index is 6.03. The van der Waals surface area contributed by atoms with Crippen molar-refractivity contribution in [2.75, 3.05) is 5.73 Å². The zero-order chi connectivity index (χ0) is 9.42. The molecule has 0 saturated heterocycles. The van der Waals surface area contributed by atoms with Crippen LogP contribution in [0.4, 0.5) is 5.69 Å². The molecule has 13 heavy (non-hydrogen) atoms. The molecule has 1 nitrogen and oxygen atoms in total. The number of benzene rings is 2. The Balaban J connectivity index is 2.97. The second-order valence-corrected chi connectivity index (χ2v) is 4.01. The molecule has 0 saturated carbocycles. The minimum atomic E-state index is 0.670. The van der Waals surface area contributed by atoms with Gasteiger partial charge in [-0.1, -0.05) is 35.9 Å². The lowest BCUT2D eigenvalue weighted by Gasteiger charge is -2.05. The summed E-state index contributed by atoms with van der Waals surface area (Å²) in [6.45, 7) is 0. The number of hydrogen-bond acceptors (Lipinski definition) is 1. The summed E-state index contributed by atoms with van der Waals surface area (Å²) in [6, 6.07) is 9.64. The minimum Gasteiger partial charge on any atom is -0.398 e. The standard InChI is InChI=1S/C10H7BrClN/c11-10-7-4-2-1-3-6(7)8(12)5-9(10)13/h1-5H,13H2. The summed E-state index contributed by atoms with van der Waals surface area (Å²) < 4.78 is 0.910. The molecule has 0 aromatic heterocycles. The van der Waals surface area contributed by atoms with Crippen LogP contribution in [0.3, 0.4) is 0 Å². The average molecular weight is 257 g/mol. The van der Waals surface area contributed by atoms with Crippen LogP contribution < -0.4 is 5.73 Å². The number of fused-ring (bicyclic) bond motifs is 1. The van der Waals surface area contributed by atoms with Crippen LogP contribution in [0, 0.1) is 0 Å². The monoisotopic (exact) mass is 255 g/mol. The van der Waals surface area contributed by atoms with Gasteiger partial charge in [0.25, 0.3) is 0 Å². The fourth-order valence-corrected chi connectivity index (χ4v) is 2.06. The molecular weight excluding hydrogens is 249 g/mol. The Morgan fingerprint density at radius 2 is 1.77 bits per heavy atom. The third-order valence-corrected chi connectivity index (χ3v) is 3.15. The van der Waals surface area contributed by atoms with Gasteiger partial charge in [0, 0.05) is 15.5 Å². The molecule has 0 aliphatic carbocycles. The molecule has 0 heterocycles. The van der Waals surface area contributed by atoms with E-state index in [2.05, 4.69) is 15.9 Å². The van der Waals surface area contributed by atoms with E-state index < -0.39 is 0 Å². The summed E-state index contributed by atoms with van der Waals surface area (Å²) in [5.74, 6) is 0. The first kappa shape index (κ1) is 8.85. The van der Waals surface area contributed by atoms with Gasteiger partial charge >= 0.3 is 0 Å². The number of hydrogen-bond donors (Lipinski definition) is 1. The van der Waals surface area contributed by atoms with Gasteiger partial charge in [0.15, 0.2) is 0 Å². The number of nitrogens with two attached hydrogens (primary N) is 1. The maximum absolute atomic E-state index is 6.03. The van der Waals surface area contributed by atoms with Crippen molar-refractivity contribution < 1.29 is 0 Å². The van der Waals surface area contributed by atoms with Crippen LogP contribution in [0.15, 0.2) is 34.8 Å². The van der Waals surface area contributed by atoms with E-state index >= 15 is 0 Å². The van der Waals surface area contributed by atoms with E-state index in [-0.39, 0.29) is 0 Å². The zero-order valence-electron chi connectivity index (χ0n) is 6.72. The molecule has 0 unspecified atom stereocenters. The summed E-state index contributed by atoms with van der Waals surface area (Å²) in [5, 5.41) is 2.76. The molecule has 0 atom stereocenters. The summed E-state index contributed by atoms with van der Waals surface area (Å²) in [5.41, 5.74) is 6.43. The molecule has 0 fully saturated rings. The Morgan fingerprint density at radius 1 is 1.15 bits per heavy atom. The van der Waals surface area contributed by atoms with Crippen molar-refractivity contribution in [1.29, 1.82) is 0 Å². The lowest BCUT2D eigenvalue weighted by atomic mass is 10.1. The second kappa shape index (κ2) is 3.20.